The van der Waals surface area contributed by atoms with Gasteiger partial charge in [0.05, 0.1) is 17.2 Å². The van der Waals surface area contributed by atoms with E-state index in [9.17, 15) is 12.8 Å². The van der Waals surface area contributed by atoms with Crippen LogP contribution in [0.15, 0.2) is 45.8 Å². The molecule has 0 spiro atoms. The summed E-state index contributed by atoms with van der Waals surface area (Å²) in [5, 5.41) is 9.40. The Bertz CT molecular complexity index is 783. The summed E-state index contributed by atoms with van der Waals surface area (Å²) in [7, 11) is -3.87. The van der Waals surface area contributed by atoms with E-state index in [0.717, 1.165) is 12.1 Å². The molecule has 0 aliphatic rings. The van der Waals surface area contributed by atoms with Gasteiger partial charge in [-0.05, 0) is 57.9 Å². The zero-order valence-corrected chi connectivity index (χ0v) is 13.6. The number of rotatable bonds is 4. The fourth-order valence-corrected chi connectivity index (χ4v) is 3.50. The van der Waals surface area contributed by atoms with Gasteiger partial charge >= 0.3 is 0 Å². The van der Waals surface area contributed by atoms with Crippen molar-refractivity contribution in [2.75, 3.05) is 4.72 Å². The van der Waals surface area contributed by atoms with Gasteiger partial charge in [0.2, 0.25) is 0 Å². The fourth-order valence-electron chi connectivity index (χ4n) is 1.62. The van der Waals surface area contributed by atoms with Gasteiger partial charge < -0.3 is 5.11 Å². The van der Waals surface area contributed by atoms with Gasteiger partial charge in [-0.2, -0.15) is 0 Å². The van der Waals surface area contributed by atoms with E-state index in [0.29, 0.717) is 5.56 Å². The van der Waals surface area contributed by atoms with Crippen molar-refractivity contribution in [3.05, 3.63) is 57.3 Å². The topological polar surface area (TPSA) is 66.4 Å². The Balaban J connectivity index is 2.38. The van der Waals surface area contributed by atoms with Crippen LogP contribution in [-0.4, -0.2) is 13.5 Å². The van der Waals surface area contributed by atoms with Crippen molar-refractivity contribution in [1.29, 1.82) is 0 Å². The van der Waals surface area contributed by atoms with Crippen LogP contribution < -0.4 is 4.72 Å². The highest BCUT2D eigenvalue weighted by Crippen LogP contribution is 2.27. The quantitative estimate of drug-likeness (QED) is 0.833. The van der Waals surface area contributed by atoms with E-state index in [4.69, 9.17) is 16.7 Å². The monoisotopic (exact) mass is 393 g/mol. The van der Waals surface area contributed by atoms with Gasteiger partial charge in [-0.25, -0.2) is 12.8 Å². The van der Waals surface area contributed by atoms with Gasteiger partial charge in [0.25, 0.3) is 10.0 Å². The van der Waals surface area contributed by atoms with Crippen molar-refractivity contribution in [2.45, 2.75) is 11.5 Å². The van der Waals surface area contributed by atoms with Crippen LogP contribution in [0, 0.1) is 5.82 Å². The third kappa shape index (κ3) is 3.74. The first-order valence-corrected chi connectivity index (χ1v) is 8.36. The lowest BCUT2D eigenvalue weighted by Crippen LogP contribution is -2.13. The first-order chi connectivity index (χ1) is 9.83. The molecular formula is C13H10BrClFNO3S. The van der Waals surface area contributed by atoms with Crippen LogP contribution in [0.2, 0.25) is 5.02 Å². The highest BCUT2D eigenvalue weighted by atomic mass is 79.9. The molecule has 4 nitrogen and oxygen atoms in total. The highest BCUT2D eigenvalue weighted by Gasteiger charge is 2.17. The third-order valence-corrected chi connectivity index (χ3v) is 5.06. The maximum atomic E-state index is 13.0. The summed E-state index contributed by atoms with van der Waals surface area (Å²) < 4.78 is 40.1. The number of hydrogen-bond donors (Lipinski definition) is 2. The minimum absolute atomic E-state index is 0.0489. The SMILES string of the molecule is O=S(=O)(Nc1ccc(F)cc1Br)c1ccc(Cl)c(CO)c1. The molecule has 8 heteroatoms. The number of halogens is 3. The summed E-state index contributed by atoms with van der Waals surface area (Å²) in [6.45, 7) is -0.373. The van der Waals surface area contributed by atoms with Crippen LogP contribution in [0.1, 0.15) is 5.56 Å². The number of hydrogen-bond acceptors (Lipinski definition) is 3. The van der Waals surface area contributed by atoms with E-state index in [1.54, 1.807) is 0 Å². The summed E-state index contributed by atoms with van der Waals surface area (Å²) in [4.78, 5) is -0.0489. The molecule has 0 unspecified atom stereocenters. The van der Waals surface area contributed by atoms with Crippen LogP contribution in [-0.2, 0) is 16.6 Å². The number of aliphatic hydroxyl groups is 1. The number of anilines is 1. The molecule has 0 saturated carbocycles. The Morgan fingerprint density at radius 1 is 1.24 bits per heavy atom. The molecule has 0 fully saturated rings. The summed E-state index contributed by atoms with van der Waals surface area (Å²) in [5.41, 5.74) is 0.509. The van der Waals surface area contributed by atoms with Crippen LogP contribution in [0.5, 0.6) is 0 Å². The van der Waals surface area contributed by atoms with Crippen LogP contribution >= 0.6 is 27.5 Å². The average Bonchev–Trinajstić information content (AvgIpc) is 2.42. The fraction of sp³-hybridized carbons (Fsp3) is 0.0769. The molecular weight excluding hydrogens is 385 g/mol. The van der Waals surface area contributed by atoms with Gasteiger partial charge in [0.1, 0.15) is 5.82 Å². The van der Waals surface area contributed by atoms with Crippen molar-refractivity contribution in [1.82, 2.24) is 0 Å². The summed E-state index contributed by atoms with van der Waals surface area (Å²) >= 11 is 8.91. The minimum Gasteiger partial charge on any atom is -0.392 e. The van der Waals surface area contributed by atoms with Crippen LogP contribution in [0.25, 0.3) is 0 Å². The summed E-state index contributed by atoms with van der Waals surface area (Å²) in [6.07, 6.45) is 0. The normalized spacial score (nSPS) is 11.4. The van der Waals surface area contributed by atoms with Crippen molar-refractivity contribution >= 4 is 43.2 Å². The number of sulfonamides is 1. The van der Waals surface area contributed by atoms with E-state index >= 15 is 0 Å². The summed E-state index contributed by atoms with van der Waals surface area (Å²) in [5.74, 6) is -0.487. The van der Waals surface area contributed by atoms with Crippen LogP contribution in [0.3, 0.4) is 0 Å². The van der Waals surface area contributed by atoms with Gasteiger partial charge in [-0.1, -0.05) is 11.6 Å². The smallest absolute Gasteiger partial charge is 0.261 e. The molecule has 2 aromatic carbocycles. The minimum atomic E-state index is -3.87. The lowest BCUT2D eigenvalue weighted by Gasteiger charge is -2.11. The molecule has 0 bridgehead atoms. The van der Waals surface area contributed by atoms with E-state index in [2.05, 4.69) is 20.7 Å². The van der Waals surface area contributed by atoms with Crippen molar-refractivity contribution < 1.29 is 17.9 Å². The van der Waals surface area contributed by atoms with Gasteiger partial charge in [-0.15, -0.1) is 0 Å². The Hall–Kier alpha value is -1.15. The first kappa shape index (κ1) is 16.2. The second-order valence-corrected chi connectivity index (χ2v) is 7.08. The molecule has 0 aliphatic heterocycles. The highest BCUT2D eigenvalue weighted by molar-refractivity contribution is 9.10. The molecule has 2 rings (SSSR count). The van der Waals surface area contributed by atoms with E-state index in [-0.39, 0.29) is 26.7 Å². The molecule has 0 aliphatic carbocycles. The van der Waals surface area contributed by atoms with E-state index in [1.807, 2.05) is 0 Å². The molecule has 0 heterocycles. The Morgan fingerprint density at radius 3 is 2.57 bits per heavy atom. The maximum Gasteiger partial charge on any atom is 0.261 e. The first-order valence-electron chi connectivity index (χ1n) is 5.70. The Morgan fingerprint density at radius 2 is 1.95 bits per heavy atom. The van der Waals surface area contributed by atoms with E-state index < -0.39 is 15.8 Å². The number of nitrogens with one attached hydrogen (secondary N) is 1. The van der Waals surface area contributed by atoms with Crippen molar-refractivity contribution in [2.24, 2.45) is 0 Å². The molecule has 0 aromatic heterocycles. The zero-order chi connectivity index (χ0) is 15.6. The molecule has 0 atom stereocenters. The molecule has 2 aromatic rings. The Labute approximate surface area is 134 Å². The zero-order valence-electron chi connectivity index (χ0n) is 10.5. The second kappa shape index (κ2) is 6.31. The predicted molar refractivity (Wildman–Crippen MR) is 82.3 cm³/mol. The largest absolute Gasteiger partial charge is 0.392 e. The third-order valence-electron chi connectivity index (χ3n) is 2.67. The second-order valence-electron chi connectivity index (χ2n) is 4.14. The molecule has 0 amide bonds. The molecule has 2 N–H and O–H groups in total. The van der Waals surface area contributed by atoms with Crippen molar-refractivity contribution in [3.8, 4) is 0 Å². The lowest BCUT2D eigenvalue weighted by atomic mass is 10.2. The molecule has 21 heavy (non-hydrogen) atoms. The summed E-state index contributed by atoms with van der Waals surface area (Å²) in [6, 6.07) is 7.59. The van der Waals surface area contributed by atoms with Gasteiger partial charge in [-0.3, -0.25) is 4.72 Å². The predicted octanol–water partition coefficient (Wildman–Crippen LogP) is 3.53. The van der Waals surface area contributed by atoms with Crippen molar-refractivity contribution in [3.63, 3.8) is 0 Å². The number of benzene rings is 2. The standard InChI is InChI=1S/C13H10BrClFNO3S/c14-11-6-9(16)1-4-13(11)17-21(19,20)10-2-3-12(15)8(5-10)7-18/h1-6,17-18H,7H2. The Kier molecular flexibility index (Phi) is 4.88. The van der Waals surface area contributed by atoms with Crippen LogP contribution in [0.4, 0.5) is 10.1 Å². The number of aliphatic hydroxyl groups excluding tert-OH is 1. The average molecular weight is 395 g/mol. The van der Waals surface area contributed by atoms with Gasteiger partial charge in [0.15, 0.2) is 0 Å². The lowest BCUT2D eigenvalue weighted by molar-refractivity contribution is 0.281. The van der Waals surface area contributed by atoms with Gasteiger partial charge in [0, 0.05) is 9.50 Å². The molecule has 0 saturated heterocycles. The van der Waals surface area contributed by atoms with E-state index in [1.165, 1.54) is 24.3 Å². The molecule has 112 valence electrons. The molecule has 0 radical (unpaired) electrons. The maximum absolute atomic E-state index is 13.0.